The Morgan fingerprint density at radius 1 is 1.07 bits per heavy atom. The fraction of sp³-hybridized carbons (Fsp3) is 0.0909. The number of allylic oxidation sites excluding steroid dienone is 2. The highest BCUT2D eigenvalue weighted by atomic mass is 16.1. The average molecular weight is 202 g/mol. The average Bonchev–Trinajstić information content (AvgIpc) is 2.27. The van der Waals surface area contributed by atoms with Crippen LogP contribution in [0.3, 0.4) is 0 Å². The van der Waals surface area contributed by atoms with Crippen molar-refractivity contribution in [3.8, 4) is 0 Å². The van der Waals surface area contributed by atoms with Crippen LogP contribution in [0.2, 0.25) is 0 Å². The molecule has 1 aromatic carbocycles. The Morgan fingerprint density at radius 2 is 1.60 bits per heavy atom. The van der Waals surface area contributed by atoms with Crippen LogP contribution < -0.4 is 11.1 Å². The van der Waals surface area contributed by atoms with Crippen molar-refractivity contribution in [3.05, 3.63) is 46.8 Å². The van der Waals surface area contributed by atoms with E-state index in [1.54, 1.807) is 31.3 Å². The molecule has 0 saturated heterocycles. The van der Waals surface area contributed by atoms with Gasteiger partial charge in [0, 0.05) is 18.2 Å². The summed E-state index contributed by atoms with van der Waals surface area (Å²) < 4.78 is 0. The molecule has 0 fully saturated rings. The molecule has 76 valence electrons. The Balaban J connectivity index is 2.68. The molecule has 1 aromatic rings. The minimum absolute atomic E-state index is 0.0128. The number of fused-ring (bicyclic) bond motifs is 1. The number of nitrogens with two attached hydrogens (primary N) is 1. The van der Waals surface area contributed by atoms with E-state index in [-0.39, 0.29) is 23.0 Å². The van der Waals surface area contributed by atoms with Crippen molar-refractivity contribution in [3.63, 3.8) is 0 Å². The van der Waals surface area contributed by atoms with Gasteiger partial charge in [-0.15, -0.1) is 0 Å². The number of rotatable bonds is 1. The first-order chi connectivity index (χ1) is 7.16. The lowest BCUT2D eigenvalue weighted by molar-refractivity contribution is 0.0968. The highest BCUT2D eigenvalue weighted by Gasteiger charge is 2.29. The Kier molecular flexibility index (Phi) is 2.04. The van der Waals surface area contributed by atoms with Crippen LogP contribution in [0.25, 0.3) is 0 Å². The van der Waals surface area contributed by atoms with Crippen LogP contribution in [0.5, 0.6) is 0 Å². The van der Waals surface area contributed by atoms with Crippen molar-refractivity contribution in [2.45, 2.75) is 0 Å². The van der Waals surface area contributed by atoms with E-state index in [2.05, 4.69) is 5.32 Å². The van der Waals surface area contributed by atoms with Gasteiger partial charge >= 0.3 is 0 Å². The molecule has 1 aliphatic rings. The van der Waals surface area contributed by atoms with E-state index < -0.39 is 0 Å². The lowest BCUT2D eigenvalue weighted by Gasteiger charge is -2.17. The van der Waals surface area contributed by atoms with Crippen LogP contribution in [0.1, 0.15) is 20.7 Å². The van der Waals surface area contributed by atoms with E-state index >= 15 is 0 Å². The summed E-state index contributed by atoms with van der Waals surface area (Å²) in [6.45, 7) is 0. The predicted molar refractivity (Wildman–Crippen MR) is 55.4 cm³/mol. The number of nitrogens with one attached hydrogen (secondary N) is 1. The fourth-order valence-electron chi connectivity index (χ4n) is 1.64. The number of benzene rings is 1. The molecule has 0 aliphatic heterocycles. The van der Waals surface area contributed by atoms with Crippen molar-refractivity contribution in [1.29, 1.82) is 0 Å². The van der Waals surface area contributed by atoms with E-state index in [1.807, 2.05) is 0 Å². The maximum absolute atomic E-state index is 11.9. The van der Waals surface area contributed by atoms with Gasteiger partial charge in [0.05, 0.1) is 0 Å². The Bertz CT molecular complexity index is 489. The third-order valence-electron chi connectivity index (χ3n) is 2.41. The SMILES string of the molecule is CNC1=C(N)C(=O)c2ccccc2C1=O. The van der Waals surface area contributed by atoms with Crippen LogP contribution in [0, 0.1) is 0 Å². The van der Waals surface area contributed by atoms with Crippen LogP contribution in [-0.4, -0.2) is 18.6 Å². The van der Waals surface area contributed by atoms with Gasteiger partial charge in [0.2, 0.25) is 11.6 Å². The van der Waals surface area contributed by atoms with Crippen LogP contribution in [0.4, 0.5) is 0 Å². The van der Waals surface area contributed by atoms with Gasteiger partial charge in [0.25, 0.3) is 0 Å². The standard InChI is InChI=1S/C11H10N2O2/c1-13-9-8(12)10(14)6-4-2-3-5-7(6)11(9)15/h2-5,13H,12H2,1H3. The fourth-order valence-corrected chi connectivity index (χ4v) is 1.64. The number of hydrogen-bond donors (Lipinski definition) is 2. The summed E-state index contributed by atoms with van der Waals surface area (Å²) in [5.74, 6) is -0.528. The summed E-state index contributed by atoms with van der Waals surface area (Å²) in [6, 6.07) is 6.66. The first-order valence-corrected chi connectivity index (χ1v) is 4.52. The number of carbonyl (C=O) groups excluding carboxylic acids is 2. The molecule has 0 heterocycles. The van der Waals surface area contributed by atoms with Crippen LogP contribution >= 0.6 is 0 Å². The van der Waals surface area contributed by atoms with Gasteiger partial charge in [-0.25, -0.2) is 0 Å². The van der Waals surface area contributed by atoms with Gasteiger partial charge in [-0.3, -0.25) is 9.59 Å². The summed E-state index contributed by atoms with van der Waals surface area (Å²) in [6.07, 6.45) is 0. The molecule has 0 amide bonds. The molecule has 3 N–H and O–H groups in total. The Morgan fingerprint density at radius 3 is 2.13 bits per heavy atom. The van der Waals surface area contributed by atoms with E-state index in [0.717, 1.165) is 0 Å². The molecule has 0 spiro atoms. The highest BCUT2D eigenvalue weighted by Crippen LogP contribution is 2.21. The summed E-state index contributed by atoms with van der Waals surface area (Å²) in [4.78, 5) is 23.6. The third kappa shape index (κ3) is 1.22. The second-order valence-electron chi connectivity index (χ2n) is 3.24. The lowest BCUT2D eigenvalue weighted by atomic mass is 9.91. The van der Waals surface area contributed by atoms with E-state index in [1.165, 1.54) is 0 Å². The van der Waals surface area contributed by atoms with Gasteiger partial charge < -0.3 is 11.1 Å². The maximum Gasteiger partial charge on any atom is 0.211 e. The zero-order chi connectivity index (χ0) is 11.0. The Labute approximate surface area is 86.8 Å². The molecule has 0 aromatic heterocycles. The summed E-state index contributed by atoms with van der Waals surface area (Å²) in [7, 11) is 1.57. The molecular weight excluding hydrogens is 192 g/mol. The molecule has 0 bridgehead atoms. The minimum Gasteiger partial charge on any atom is -0.394 e. The van der Waals surface area contributed by atoms with Gasteiger partial charge in [0.1, 0.15) is 11.4 Å². The number of ketones is 2. The zero-order valence-corrected chi connectivity index (χ0v) is 8.20. The Hall–Kier alpha value is -2.10. The molecule has 1 aliphatic carbocycles. The quantitative estimate of drug-likeness (QED) is 0.693. The molecule has 15 heavy (non-hydrogen) atoms. The predicted octanol–water partition coefficient (Wildman–Crippen LogP) is 0.455. The largest absolute Gasteiger partial charge is 0.394 e. The maximum atomic E-state index is 11.9. The van der Waals surface area contributed by atoms with Crippen molar-refractivity contribution in [2.75, 3.05) is 7.05 Å². The molecule has 4 nitrogen and oxygen atoms in total. The first kappa shape index (κ1) is 9.45. The minimum atomic E-state index is -0.297. The second-order valence-corrected chi connectivity index (χ2v) is 3.24. The first-order valence-electron chi connectivity index (χ1n) is 4.52. The molecule has 2 rings (SSSR count). The van der Waals surface area contributed by atoms with Gasteiger partial charge in [0.15, 0.2) is 0 Å². The normalized spacial score (nSPS) is 15.3. The highest BCUT2D eigenvalue weighted by molar-refractivity contribution is 6.26. The van der Waals surface area contributed by atoms with Crippen molar-refractivity contribution in [1.82, 2.24) is 5.32 Å². The van der Waals surface area contributed by atoms with Crippen LogP contribution in [-0.2, 0) is 0 Å². The molecule has 0 atom stereocenters. The van der Waals surface area contributed by atoms with Crippen LogP contribution in [0.15, 0.2) is 35.7 Å². The number of likely N-dealkylation sites (N-methyl/N-ethyl adjacent to an activating group) is 1. The molecular formula is C11H10N2O2. The number of carbonyl (C=O) groups is 2. The molecule has 0 saturated carbocycles. The lowest BCUT2D eigenvalue weighted by Crippen LogP contribution is -2.31. The van der Waals surface area contributed by atoms with Gasteiger partial charge in [-0.1, -0.05) is 24.3 Å². The van der Waals surface area contributed by atoms with Gasteiger partial charge in [-0.2, -0.15) is 0 Å². The van der Waals surface area contributed by atoms with E-state index in [9.17, 15) is 9.59 Å². The second kappa shape index (κ2) is 3.24. The molecule has 4 heteroatoms. The molecule has 0 unspecified atom stereocenters. The monoisotopic (exact) mass is 202 g/mol. The number of Topliss-reactive ketones (excluding diaryl/α,β-unsaturated/α-hetero) is 2. The van der Waals surface area contributed by atoms with Crippen molar-refractivity contribution >= 4 is 11.6 Å². The van der Waals surface area contributed by atoms with E-state index in [0.29, 0.717) is 11.1 Å². The summed E-state index contributed by atoms with van der Waals surface area (Å²) >= 11 is 0. The number of hydrogen-bond acceptors (Lipinski definition) is 4. The van der Waals surface area contributed by atoms with Gasteiger partial charge in [-0.05, 0) is 0 Å². The summed E-state index contributed by atoms with van der Waals surface area (Å²) in [5, 5.41) is 2.66. The zero-order valence-electron chi connectivity index (χ0n) is 8.20. The topological polar surface area (TPSA) is 72.2 Å². The third-order valence-corrected chi connectivity index (χ3v) is 2.41. The smallest absolute Gasteiger partial charge is 0.211 e. The van der Waals surface area contributed by atoms with Crippen molar-refractivity contribution < 1.29 is 9.59 Å². The molecule has 0 radical (unpaired) electrons. The summed E-state index contributed by atoms with van der Waals surface area (Å²) in [5.41, 5.74) is 6.53. The van der Waals surface area contributed by atoms with E-state index in [4.69, 9.17) is 5.73 Å². The van der Waals surface area contributed by atoms with Crippen molar-refractivity contribution in [2.24, 2.45) is 5.73 Å².